The van der Waals surface area contributed by atoms with Gasteiger partial charge in [-0.15, -0.1) is 0 Å². The number of hydrogen-bond donors (Lipinski definition) is 1. The highest BCUT2D eigenvalue weighted by atomic mass is 79.9. The number of benzene rings is 2. The van der Waals surface area contributed by atoms with Crippen molar-refractivity contribution in [1.29, 1.82) is 0 Å². The SMILES string of the molecule is CC(C)=NNC(=O)c1cc(-c2ccc(Br)cc2)nc2ccccc12. The van der Waals surface area contributed by atoms with Crippen molar-refractivity contribution < 1.29 is 4.79 Å². The summed E-state index contributed by atoms with van der Waals surface area (Å²) in [5, 5.41) is 4.82. The summed E-state index contributed by atoms with van der Waals surface area (Å²) in [5.41, 5.74) is 6.42. The molecule has 1 heterocycles. The van der Waals surface area contributed by atoms with Crippen LogP contribution in [0.3, 0.4) is 0 Å². The van der Waals surface area contributed by atoms with E-state index in [-0.39, 0.29) is 5.91 Å². The van der Waals surface area contributed by atoms with Crippen LogP contribution in [0, 0.1) is 0 Å². The van der Waals surface area contributed by atoms with Crippen LogP contribution in [0.15, 0.2) is 64.2 Å². The first kappa shape index (κ1) is 16.3. The Balaban J connectivity index is 2.14. The summed E-state index contributed by atoms with van der Waals surface area (Å²) in [4.78, 5) is 17.2. The summed E-state index contributed by atoms with van der Waals surface area (Å²) in [5.74, 6) is -0.242. The van der Waals surface area contributed by atoms with Gasteiger partial charge < -0.3 is 0 Å². The van der Waals surface area contributed by atoms with E-state index in [1.165, 1.54) is 0 Å². The fraction of sp³-hybridized carbons (Fsp3) is 0.105. The van der Waals surface area contributed by atoms with E-state index in [2.05, 4.69) is 31.4 Å². The van der Waals surface area contributed by atoms with Crippen molar-refractivity contribution in [2.45, 2.75) is 13.8 Å². The second-order valence-corrected chi connectivity index (χ2v) is 6.49. The number of para-hydroxylation sites is 1. The van der Waals surface area contributed by atoms with Gasteiger partial charge in [0.1, 0.15) is 0 Å². The van der Waals surface area contributed by atoms with E-state index >= 15 is 0 Å². The van der Waals surface area contributed by atoms with Crippen LogP contribution < -0.4 is 5.43 Å². The van der Waals surface area contributed by atoms with E-state index in [1.807, 2.05) is 62.4 Å². The summed E-state index contributed by atoms with van der Waals surface area (Å²) in [6.45, 7) is 3.66. The fourth-order valence-corrected chi connectivity index (χ4v) is 2.62. The molecule has 0 radical (unpaired) electrons. The third-order valence-electron chi connectivity index (χ3n) is 3.48. The highest BCUT2D eigenvalue weighted by Crippen LogP contribution is 2.26. The Morgan fingerprint density at radius 2 is 1.79 bits per heavy atom. The van der Waals surface area contributed by atoms with Gasteiger partial charge >= 0.3 is 0 Å². The van der Waals surface area contributed by atoms with Crippen molar-refractivity contribution in [3.05, 3.63) is 64.6 Å². The lowest BCUT2D eigenvalue weighted by Crippen LogP contribution is -2.19. The van der Waals surface area contributed by atoms with Gasteiger partial charge in [0, 0.05) is 21.1 Å². The lowest BCUT2D eigenvalue weighted by molar-refractivity contribution is 0.0956. The number of rotatable bonds is 3. The summed E-state index contributed by atoms with van der Waals surface area (Å²) in [6.07, 6.45) is 0. The standard InChI is InChI=1S/C19H16BrN3O/c1-12(2)22-23-19(24)16-11-18(13-7-9-14(20)10-8-13)21-17-6-4-3-5-15(16)17/h3-11H,1-2H3,(H,23,24). The normalized spacial score (nSPS) is 10.5. The average Bonchev–Trinajstić information content (AvgIpc) is 2.59. The minimum atomic E-state index is -0.242. The molecule has 0 aliphatic rings. The molecule has 24 heavy (non-hydrogen) atoms. The minimum Gasteiger partial charge on any atom is -0.267 e. The average molecular weight is 382 g/mol. The maximum Gasteiger partial charge on any atom is 0.272 e. The predicted molar refractivity (Wildman–Crippen MR) is 101 cm³/mol. The predicted octanol–water partition coefficient (Wildman–Crippen LogP) is 4.79. The van der Waals surface area contributed by atoms with Crippen molar-refractivity contribution in [1.82, 2.24) is 10.4 Å². The minimum absolute atomic E-state index is 0.242. The highest BCUT2D eigenvalue weighted by molar-refractivity contribution is 9.10. The number of halogens is 1. The fourth-order valence-electron chi connectivity index (χ4n) is 2.35. The van der Waals surface area contributed by atoms with Gasteiger partial charge in [0.05, 0.1) is 16.8 Å². The molecule has 0 fully saturated rings. The van der Waals surface area contributed by atoms with Crippen molar-refractivity contribution in [2.24, 2.45) is 5.10 Å². The molecule has 0 spiro atoms. The molecule has 0 unspecified atom stereocenters. The van der Waals surface area contributed by atoms with E-state index in [4.69, 9.17) is 0 Å². The number of amides is 1. The lowest BCUT2D eigenvalue weighted by atomic mass is 10.0. The Morgan fingerprint density at radius 1 is 1.08 bits per heavy atom. The van der Waals surface area contributed by atoms with Crippen molar-refractivity contribution in [3.8, 4) is 11.3 Å². The molecule has 0 saturated carbocycles. The van der Waals surface area contributed by atoms with Gasteiger partial charge in [0.2, 0.25) is 0 Å². The quantitative estimate of drug-likeness (QED) is 0.523. The van der Waals surface area contributed by atoms with Gasteiger partial charge in [-0.2, -0.15) is 5.10 Å². The molecule has 0 aliphatic carbocycles. The van der Waals surface area contributed by atoms with Crippen molar-refractivity contribution in [3.63, 3.8) is 0 Å². The Kier molecular flexibility index (Phi) is 4.71. The van der Waals surface area contributed by atoms with Gasteiger partial charge in [0.25, 0.3) is 5.91 Å². The van der Waals surface area contributed by atoms with Crippen LogP contribution >= 0.6 is 15.9 Å². The monoisotopic (exact) mass is 381 g/mol. The maximum absolute atomic E-state index is 12.5. The van der Waals surface area contributed by atoms with Crippen molar-refractivity contribution in [2.75, 3.05) is 0 Å². The number of carbonyl (C=O) groups excluding carboxylic acids is 1. The van der Waals surface area contributed by atoms with E-state index < -0.39 is 0 Å². The second-order valence-electron chi connectivity index (χ2n) is 5.58. The Labute approximate surface area is 148 Å². The van der Waals surface area contributed by atoms with Gasteiger partial charge in [-0.3, -0.25) is 4.79 Å². The molecule has 1 N–H and O–H groups in total. The largest absolute Gasteiger partial charge is 0.272 e. The number of hydrazone groups is 1. The van der Waals surface area contributed by atoms with Gasteiger partial charge in [0.15, 0.2) is 0 Å². The van der Waals surface area contributed by atoms with Crippen molar-refractivity contribution >= 4 is 38.5 Å². The number of aromatic nitrogens is 1. The molecule has 3 aromatic rings. The molecule has 2 aromatic carbocycles. The molecule has 1 aromatic heterocycles. The third-order valence-corrected chi connectivity index (χ3v) is 4.01. The highest BCUT2D eigenvalue weighted by Gasteiger charge is 2.13. The van der Waals surface area contributed by atoms with Gasteiger partial charge in [-0.1, -0.05) is 46.3 Å². The van der Waals surface area contributed by atoms with Crippen LogP contribution in [0.2, 0.25) is 0 Å². The van der Waals surface area contributed by atoms with Crippen LogP contribution in [-0.2, 0) is 0 Å². The van der Waals surface area contributed by atoms with E-state index in [0.717, 1.165) is 32.3 Å². The zero-order chi connectivity index (χ0) is 17.1. The Hall–Kier alpha value is -2.53. The topological polar surface area (TPSA) is 54.4 Å². The molecule has 5 heteroatoms. The van der Waals surface area contributed by atoms with Gasteiger partial charge in [-0.05, 0) is 38.1 Å². The number of hydrogen-bond acceptors (Lipinski definition) is 3. The summed E-state index contributed by atoms with van der Waals surface area (Å²) < 4.78 is 0.998. The van der Waals surface area contributed by atoms with E-state index in [9.17, 15) is 4.79 Å². The Bertz CT molecular complexity index is 929. The van der Waals surface area contributed by atoms with Crippen LogP contribution in [-0.4, -0.2) is 16.6 Å². The molecule has 0 aliphatic heterocycles. The number of nitrogens with one attached hydrogen (secondary N) is 1. The molecular weight excluding hydrogens is 366 g/mol. The number of fused-ring (bicyclic) bond motifs is 1. The first-order chi connectivity index (χ1) is 11.5. The van der Waals surface area contributed by atoms with Gasteiger partial charge in [-0.25, -0.2) is 10.4 Å². The molecule has 120 valence electrons. The molecule has 0 saturated heterocycles. The van der Waals surface area contributed by atoms with Crippen LogP contribution in [0.1, 0.15) is 24.2 Å². The number of pyridine rings is 1. The van der Waals surface area contributed by atoms with Crippen LogP contribution in [0.5, 0.6) is 0 Å². The molecular formula is C19H16BrN3O. The molecule has 4 nitrogen and oxygen atoms in total. The maximum atomic E-state index is 12.5. The summed E-state index contributed by atoms with van der Waals surface area (Å²) in [7, 11) is 0. The lowest BCUT2D eigenvalue weighted by Gasteiger charge is -2.09. The third kappa shape index (κ3) is 3.51. The van der Waals surface area contributed by atoms with Crippen LogP contribution in [0.4, 0.5) is 0 Å². The molecule has 0 bridgehead atoms. The summed E-state index contributed by atoms with van der Waals surface area (Å²) in [6, 6.07) is 17.3. The first-order valence-electron chi connectivity index (χ1n) is 7.51. The second kappa shape index (κ2) is 6.93. The smallest absolute Gasteiger partial charge is 0.267 e. The number of carbonyl (C=O) groups is 1. The van der Waals surface area contributed by atoms with E-state index in [1.54, 1.807) is 6.07 Å². The first-order valence-corrected chi connectivity index (χ1v) is 8.31. The number of nitrogens with zero attached hydrogens (tertiary/aromatic N) is 2. The molecule has 0 atom stereocenters. The Morgan fingerprint density at radius 3 is 2.50 bits per heavy atom. The molecule has 3 rings (SSSR count). The molecule has 1 amide bonds. The van der Waals surface area contributed by atoms with Crippen LogP contribution in [0.25, 0.3) is 22.2 Å². The summed E-state index contributed by atoms with van der Waals surface area (Å²) >= 11 is 3.43. The zero-order valence-electron chi connectivity index (χ0n) is 13.4. The zero-order valence-corrected chi connectivity index (χ0v) is 15.0. The van der Waals surface area contributed by atoms with E-state index in [0.29, 0.717) is 5.56 Å².